The van der Waals surface area contributed by atoms with Crippen molar-refractivity contribution in [2.24, 2.45) is 0 Å². The maximum Gasteiger partial charge on any atom is 0.252 e. The quantitative estimate of drug-likeness (QED) is 0.439. The number of benzene rings is 1. The van der Waals surface area contributed by atoms with Crippen LogP contribution in [0, 0.1) is 5.21 Å². The first kappa shape index (κ1) is 11.1. The molecule has 0 aliphatic rings. The lowest BCUT2D eigenvalue weighted by Gasteiger charge is -2.18. The number of fused-ring (bicyclic) bond motifs is 3. The van der Waals surface area contributed by atoms with Crippen LogP contribution >= 0.6 is 0 Å². The standard InChI is InChI=1S/C15H16N2O/c1-15(2,3)11-7-8-14-12(10-11)13-6-4-5-9-16(13)17(14)18/h4-10H,1-3H3. The molecule has 2 heterocycles. The Labute approximate surface area is 106 Å². The molecule has 0 fully saturated rings. The summed E-state index contributed by atoms with van der Waals surface area (Å²) in [6, 6.07) is 11.9. The van der Waals surface area contributed by atoms with Crippen molar-refractivity contribution in [2.45, 2.75) is 26.2 Å². The third-order valence-corrected chi connectivity index (χ3v) is 3.38. The first-order chi connectivity index (χ1) is 8.48. The predicted octanol–water partition coefficient (Wildman–Crippen LogP) is 3.02. The molecule has 18 heavy (non-hydrogen) atoms. The first-order valence-corrected chi connectivity index (χ1v) is 6.11. The van der Waals surface area contributed by atoms with Gasteiger partial charge in [0.25, 0.3) is 5.52 Å². The maximum absolute atomic E-state index is 12.1. The van der Waals surface area contributed by atoms with Crippen molar-refractivity contribution in [3.63, 3.8) is 0 Å². The molecule has 2 aromatic heterocycles. The summed E-state index contributed by atoms with van der Waals surface area (Å²) in [5.74, 6) is 0. The lowest BCUT2D eigenvalue weighted by Crippen LogP contribution is -2.32. The van der Waals surface area contributed by atoms with Crippen molar-refractivity contribution in [3.8, 4) is 0 Å². The van der Waals surface area contributed by atoms with Gasteiger partial charge in [-0.15, -0.1) is 4.52 Å². The number of hydrogen-bond acceptors (Lipinski definition) is 1. The molecule has 0 amide bonds. The number of pyridine rings is 1. The number of hydrogen-bond donors (Lipinski definition) is 0. The van der Waals surface area contributed by atoms with E-state index in [9.17, 15) is 5.21 Å². The number of aromatic nitrogens is 2. The van der Waals surface area contributed by atoms with E-state index in [1.165, 1.54) is 5.56 Å². The van der Waals surface area contributed by atoms with Gasteiger partial charge in [0, 0.05) is 6.07 Å². The Morgan fingerprint density at radius 3 is 2.61 bits per heavy atom. The van der Waals surface area contributed by atoms with Crippen LogP contribution in [0.3, 0.4) is 0 Å². The molecular weight excluding hydrogens is 224 g/mol. The summed E-state index contributed by atoms with van der Waals surface area (Å²) in [6.45, 7) is 6.53. The molecule has 0 bridgehead atoms. The van der Waals surface area contributed by atoms with Crippen molar-refractivity contribution in [1.82, 2.24) is 4.52 Å². The fourth-order valence-corrected chi connectivity index (χ4v) is 2.30. The first-order valence-electron chi connectivity index (χ1n) is 6.11. The van der Waals surface area contributed by atoms with Crippen LogP contribution in [-0.2, 0) is 5.41 Å². The van der Waals surface area contributed by atoms with Gasteiger partial charge in [-0.2, -0.15) is 0 Å². The van der Waals surface area contributed by atoms with E-state index in [0.717, 1.165) is 15.7 Å². The van der Waals surface area contributed by atoms with Gasteiger partial charge in [-0.3, -0.25) is 0 Å². The van der Waals surface area contributed by atoms with Crippen molar-refractivity contribution < 1.29 is 4.85 Å². The summed E-state index contributed by atoms with van der Waals surface area (Å²) in [6.07, 6.45) is 1.79. The van der Waals surface area contributed by atoms with Gasteiger partial charge in [0.05, 0.1) is 11.6 Å². The van der Waals surface area contributed by atoms with Crippen LogP contribution < -0.4 is 4.85 Å². The lowest BCUT2D eigenvalue weighted by molar-refractivity contribution is -0.651. The topological polar surface area (TPSA) is 31.3 Å². The van der Waals surface area contributed by atoms with Gasteiger partial charge in [0.2, 0.25) is 0 Å². The Bertz CT molecular complexity index is 735. The highest BCUT2D eigenvalue weighted by atomic mass is 16.5. The highest BCUT2D eigenvalue weighted by Crippen LogP contribution is 2.27. The fraction of sp³-hybridized carbons (Fsp3) is 0.267. The highest BCUT2D eigenvalue weighted by molar-refractivity contribution is 5.92. The normalized spacial score (nSPS) is 12.4. The zero-order valence-electron chi connectivity index (χ0n) is 10.8. The smallest absolute Gasteiger partial charge is 0.252 e. The van der Waals surface area contributed by atoms with Gasteiger partial charge in [-0.05, 0) is 29.2 Å². The summed E-state index contributed by atoms with van der Waals surface area (Å²) in [5, 5.41) is 13.1. The Hall–Kier alpha value is -2.03. The van der Waals surface area contributed by atoms with Gasteiger partial charge in [0.1, 0.15) is 5.52 Å². The van der Waals surface area contributed by atoms with E-state index in [1.54, 1.807) is 10.7 Å². The van der Waals surface area contributed by atoms with Gasteiger partial charge < -0.3 is 5.21 Å². The van der Waals surface area contributed by atoms with Crippen LogP contribution in [0.15, 0.2) is 42.6 Å². The highest BCUT2D eigenvalue weighted by Gasteiger charge is 2.19. The predicted molar refractivity (Wildman–Crippen MR) is 72.6 cm³/mol. The largest absolute Gasteiger partial charge is 0.595 e. The Balaban J connectivity index is 2.44. The second kappa shape index (κ2) is 3.48. The van der Waals surface area contributed by atoms with Crippen molar-refractivity contribution in [2.75, 3.05) is 0 Å². The SMILES string of the molecule is CC(C)(C)c1ccc2c(c1)c1ccccn1[n+]2[O-]. The van der Waals surface area contributed by atoms with Crippen molar-refractivity contribution >= 4 is 16.4 Å². The van der Waals surface area contributed by atoms with Crippen LogP contribution in [0.2, 0.25) is 0 Å². The molecular formula is C15H16N2O. The molecule has 0 aliphatic heterocycles. The molecule has 0 N–H and O–H groups in total. The average molecular weight is 240 g/mol. The molecule has 0 radical (unpaired) electrons. The second-order valence-electron chi connectivity index (χ2n) is 5.69. The lowest BCUT2D eigenvalue weighted by atomic mass is 9.86. The van der Waals surface area contributed by atoms with Gasteiger partial charge in [-0.25, -0.2) is 0 Å². The third-order valence-electron chi connectivity index (χ3n) is 3.38. The van der Waals surface area contributed by atoms with Crippen LogP contribution in [0.5, 0.6) is 0 Å². The molecule has 3 nitrogen and oxygen atoms in total. The minimum absolute atomic E-state index is 0.0882. The van der Waals surface area contributed by atoms with Crippen LogP contribution in [-0.4, -0.2) is 4.52 Å². The van der Waals surface area contributed by atoms with Gasteiger partial charge in [-0.1, -0.05) is 37.7 Å². The zero-order valence-corrected chi connectivity index (χ0v) is 10.8. The summed E-state index contributed by atoms with van der Waals surface area (Å²) in [4.78, 5) is 0.942. The molecule has 3 rings (SSSR count). The Morgan fingerprint density at radius 1 is 1.11 bits per heavy atom. The van der Waals surface area contributed by atoms with Crippen molar-refractivity contribution in [1.29, 1.82) is 0 Å². The molecule has 3 heteroatoms. The molecule has 0 atom stereocenters. The molecule has 0 unspecified atom stereocenters. The minimum atomic E-state index is 0.0882. The average Bonchev–Trinajstić information content (AvgIpc) is 2.63. The molecule has 0 aliphatic carbocycles. The van der Waals surface area contributed by atoms with E-state index in [1.807, 2.05) is 30.3 Å². The van der Waals surface area contributed by atoms with Crippen LogP contribution in [0.4, 0.5) is 0 Å². The van der Waals surface area contributed by atoms with Crippen LogP contribution in [0.1, 0.15) is 26.3 Å². The molecule has 0 saturated carbocycles. The maximum atomic E-state index is 12.1. The van der Waals surface area contributed by atoms with E-state index in [0.29, 0.717) is 5.52 Å². The minimum Gasteiger partial charge on any atom is -0.595 e. The van der Waals surface area contributed by atoms with Crippen LogP contribution in [0.25, 0.3) is 16.4 Å². The third kappa shape index (κ3) is 1.47. The number of rotatable bonds is 0. The summed E-state index contributed by atoms with van der Waals surface area (Å²) < 4.78 is 1.64. The van der Waals surface area contributed by atoms with E-state index in [4.69, 9.17) is 0 Å². The van der Waals surface area contributed by atoms with E-state index in [-0.39, 0.29) is 5.41 Å². The van der Waals surface area contributed by atoms with Crippen molar-refractivity contribution in [3.05, 3.63) is 53.4 Å². The fourth-order valence-electron chi connectivity index (χ4n) is 2.30. The summed E-state index contributed by atoms with van der Waals surface area (Å²) in [7, 11) is 0. The van der Waals surface area contributed by atoms with E-state index < -0.39 is 0 Å². The van der Waals surface area contributed by atoms with E-state index >= 15 is 0 Å². The molecule has 92 valence electrons. The number of nitrogens with zero attached hydrogens (tertiary/aromatic N) is 2. The van der Waals surface area contributed by atoms with E-state index in [2.05, 4.69) is 26.8 Å². The van der Waals surface area contributed by atoms with Gasteiger partial charge >= 0.3 is 0 Å². The summed E-state index contributed by atoms with van der Waals surface area (Å²) in [5.41, 5.74) is 3.00. The zero-order chi connectivity index (χ0) is 12.9. The summed E-state index contributed by atoms with van der Waals surface area (Å²) >= 11 is 0. The molecule has 0 saturated heterocycles. The monoisotopic (exact) mass is 240 g/mol. The molecule has 0 spiro atoms. The Kier molecular flexibility index (Phi) is 2.14. The van der Waals surface area contributed by atoms with Gasteiger partial charge in [0.15, 0.2) is 0 Å². The molecule has 3 aromatic rings. The Morgan fingerprint density at radius 2 is 1.89 bits per heavy atom. The second-order valence-corrected chi connectivity index (χ2v) is 5.69. The molecule has 1 aromatic carbocycles.